The number of amides is 1. The monoisotopic (exact) mass is 340 g/mol. The van der Waals surface area contributed by atoms with Gasteiger partial charge in [0.1, 0.15) is 5.75 Å². The van der Waals surface area contributed by atoms with Gasteiger partial charge in [-0.15, -0.1) is 0 Å². The van der Waals surface area contributed by atoms with Gasteiger partial charge in [0.05, 0.1) is 12.3 Å². The number of carbonyl (C=O) groups excluding carboxylic acids is 1. The van der Waals surface area contributed by atoms with Gasteiger partial charge in [-0.2, -0.15) is 0 Å². The van der Waals surface area contributed by atoms with Crippen LogP contribution in [0.5, 0.6) is 5.75 Å². The molecule has 0 aliphatic carbocycles. The lowest BCUT2D eigenvalue weighted by molar-refractivity contribution is -0.115. The predicted molar refractivity (Wildman–Crippen MR) is 104 cm³/mol. The van der Waals surface area contributed by atoms with Crippen LogP contribution in [-0.4, -0.2) is 19.1 Å². The Labute approximate surface area is 150 Å². The number of nitrogens with one attached hydrogen (secondary N) is 2. The summed E-state index contributed by atoms with van der Waals surface area (Å²) in [5.41, 5.74) is 3.10. The number of hydrogen-bond donors (Lipinski definition) is 2. The number of anilines is 2. The number of carbonyl (C=O) groups is 1. The Balaban J connectivity index is 1.83. The van der Waals surface area contributed by atoms with Gasteiger partial charge in [-0.3, -0.25) is 4.79 Å². The Morgan fingerprint density at radius 3 is 2.36 bits per heavy atom. The zero-order chi connectivity index (χ0) is 18.3. The molecule has 0 heterocycles. The molecule has 0 aliphatic heterocycles. The topological polar surface area (TPSA) is 50.4 Å². The predicted octanol–water partition coefficient (Wildman–Crippen LogP) is 4.82. The third-order valence-electron chi connectivity index (χ3n) is 3.89. The van der Waals surface area contributed by atoms with Gasteiger partial charge >= 0.3 is 0 Å². The fourth-order valence-corrected chi connectivity index (χ4v) is 2.48. The van der Waals surface area contributed by atoms with E-state index in [4.69, 9.17) is 4.74 Å². The summed E-state index contributed by atoms with van der Waals surface area (Å²) >= 11 is 0. The quantitative estimate of drug-likeness (QED) is 0.759. The molecule has 0 saturated heterocycles. The van der Waals surface area contributed by atoms with E-state index in [-0.39, 0.29) is 11.3 Å². The zero-order valence-corrected chi connectivity index (χ0v) is 15.6. The smallest absolute Gasteiger partial charge is 0.226 e. The molecular weight excluding hydrogens is 312 g/mol. The molecule has 25 heavy (non-hydrogen) atoms. The summed E-state index contributed by atoms with van der Waals surface area (Å²) in [4.78, 5) is 12.1. The third kappa shape index (κ3) is 5.82. The number of rotatable bonds is 7. The van der Waals surface area contributed by atoms with Crippen molar-refractivity contribution in [1.29, 1.82) is 0 Å². The molecule has 0 bridgehead atoms. The number of ether oxygens (including phenoxy) is 1. The maximum absolute atomic E-state index is 12.1. The second-order valence-electron chi connectivity index (χ2n) is 6.98. The molecule has 0 fully saturated rings. The highest BCUT2D eigenvalue weighted by Crippen LogP contribution is 2.24. The highest BCUT2D eigenvalue weighted by molar-refractivity contribution is 5.91. The Hall–Kier alpha value is -2.49. The van der Waals surface area contributed by atoms with Gasteiger partial charge in [-0.1, -0.05) is 45.0 Å². The van der Waals surface area contributed by atoms with Gasteiger partial charge in [-0.25, -0.2) is 0 Å². The molecule has 2 rings (SSSR count). The van der Waals surface area contributed by atoms with Crippen molar-refractivity contribution < 1.29 is 9.53 Å². The molecule has 4 nitrogen and oxygen atoms in total. The first-order valence-electron chi connectivity index (χ1n) is 8.76. The SMILES string of the molecule is CCOc1ccccc1NCCC(=O)Nc1ccc(C(C)(C)C)cc1. The molecule has 0 aromatic heterocycles. The lowest BCUT2D eigenvalue weighted by atomic mass is 9.87. The zero-order valence-electron chi connectivity index (χ0n) is 15.6. The van der Waals surface area contributed by atoms with E-state index in [1.54, 1.807) is 0 Å². The molecule has 0 saturated carbocycles. The Morgan fingerprint density at radius 1 is 1.04 bits per heavy atom. The minimum absolute atomic E-state index is 0.00935. The Kier molecular flexibility index (Phi) is 6.45. The average Bonchev–Trinajstić information content (AvgIpc) is 2.56. The average molecular weight is 340 g/mol. The summed E-state index contributed by atoms with van der Waals surface area (Å²) in [5, 5.41) is 6.19. The summed E-state index contributed by atoms with van der Waals surface area (Å²) in [6.07, 6.45) is 0.390. The van der Waals surface area contributed by atoms with Crippen molar-refractivity contribution in [2.45, 2.75) is 39.5 Å². The molecule has 0 atom stereocenters. The van der Waals surface area contributed by atoms with E-state index in [1.807, 2.05) is 43.3 Å². The standard InChI is InChI=1S/C21H28N2O2/c1-5-25-19-9-7-6-8-18(19)22-15-14-20(24)23-17-12-10-16(11-13-17)21(2,3)4/h6-13,22H,5,14-15H2,1-4H3,(H,23,24). The van der Waals surface area contributed by atoms with Crippen LogP contribution in [0.15, 0.2) is 48.5 Å². The maximum Gasteiger partial charge on any atom is 0.226 e. The van der Waals surface area contributed by atoms with Crippen molar-refractivity contribution in [3.63, 3.8) is 0 Å². The van der Waals surface area contributed by atoms with E-state index in [0.29, 0.717) is 19.6 Å². The number of para-hydroxylation sites is 2. The summed E-state index contributed by atoms with van der Waals surface area (Å²) in [6.45, 7) is 9.64. The first-order chi connectivity index (χ1) is 11.9. The van der Waals surface area contributed by atoms with Gasteiger partial charge in [0.25, 0.3) is 0 Å². The van der Waals surface area contributed by atoms with Crippen LogP contribution in [0.25, 0.3) is 0 Å². The lowest BCUT2D eigenvalue weighted by Crippen LogP contribution is -2.17. The van der Waals surface area contributed by atoms with E-state index >= 15 is 0 Å². The maximum atomic E-state index is 12.1. The first-order valence-corrected chi connectivity index (χ1v) is 8.76. The minimum atomic E-state index is -0.00935. The fraction of sp³-hybridized carbons (Fsp3) is 0.381. The van der Waals surface area contributed by atoms with Crippen molar-refractivity contribution in [2.75, 3.05) is 23.8 Å². The highest BCUT2D eigenvalue weighted by atomic mass is 16.5. The molecule has 0 spiro atoms. The Bertz CT molecular complexity index is 688. The van der Waals surface area contributed by atoms with Crippen LogP contribution in [-0.2, 0) is 10.2 Å². The van der Waals surface area contributed by atoms with Crippen LogP contribution in [0.1, 0.15) is 39.7 Å². The molecule has 0 unspecified atom stereocenters. The number of hydrogen-bond acceptors (Lipinski definition) is 3. The number of benzene rings is 2. The van der Waals surface area contributed by atoms with Crippen LogP contribution in [0.4, 0.5) is 11.4 Å². The van der Waals surface area contributed by atoms with Crippen molar-refractivity contribution in [2.24, 2.45) is 0 Å². The van der Waals surface area contributed by atoms with E-state index in [0.717, 1.165) is 17.1 Å². The van der Waals surface area contributed by atoms with Crippen molar-refractivity contribution in [1.82, 2.24) is 0 Å². The van der Waals surface area contributed by atoms with Crippen molar-refractivity contribution in [3.05, 3.63) is 54.1 Å². The molecule has 0 radical (unpaired) electrons. The molecule has 2 aromatic rings. The van der Waals surface area contributed by atoms with E-state index < -0.39 is 0 Å². The lowest BCUT2D eigenvalue weighted by Gasteiger charge is -2.19. The molecular formula is C21H28N2O2. The second-order valence-corrected chi connectivity index (χ2v) is 6.98. The van der Waals surface area contributed by atoms with Crippen molar-refractivity contribution in [3.8, 4) is 5.75 Å². The first kappa shape index (κ1) is 18.8. The highest BCUT2D eigenvalue weighted by Gasteiger charge is 2.13. The molecule has 134 valence electrons. The minimum Gasteiger partial charge on any atom is -0.492 e. The Morgan fingerprint density at radius 2 is 1.72 bits per heavy atom. The van der Waals surface area contributed by atoms with Crippen LogP contribution in [0.3, 0.4) is 0 Å². The van der Waals surface area contributed by atoms with Crippen LogP contribution in [0.2, 0.25) is 0 Å². The fourth-order valence-electron chi connectivity index (χ4n) is 2.48. The summed E-state index contributed by atoms with van der Waals surface area (Å²) in [6, 6.07) is 15.8. The normalized spacial score (nSPS) is 11.0. The van der Waals surface area contributed by atoms with Gasteiger partial charge in [0, 0.05) is 18.7 Å². The second kappa shape index (κ2) is 8.56. The third-order valence-corrected chi connectivity index (χ3v) is 3.89. The van der Waals surface area contributed by atoms with E-state index in [2.05, 4.69) is 43.5 Å². The molecule has 1 amide bonds. The summed E-state index contributed by atoms with van der Waals surface area (Å²) in [5.74, 6) is 0.799. The largest absolute Gasteiger partial charge is 0.492 e. The summed E-state index contributed by atoms with van der Waals surface area (Å²) < 4.78 is 5.57. The van der Waals surface area contributed by atoms with Gasteiger partial charge in [0.15, 0.2) is 0 Å². The van der Waals surface area contributed by atoms with Gasteiger partial charge in [-0.05, 0) is 42.2 Å². The van der Waals surface area contributed by atoms with Gasteiger partial charge in [0.2, 0.25) is 5.91 Å². The molecule has 2 aromatic carbocycles. The van der Waals surface area contributed by atoms with Crippen LogP contribution >= 0.6 is 0 Å². The summed E-state index contributed by atoms with van der Waals surface area (Å²) in [7, 11) is 0. The van der Waals surface area contributed by atoms with Crippen molar-refractivity contribution >= 4 is 17.3 Å². The van der Waals surface area contributed by atoms with Crippen LogP contribution < -0.4 is 15.4 Å². The van der Waals surface area contributed by atoms with E-state index in [9.17, 15) is 4.79 Å². The van der Waals surface area contributed by atoms with Crippen LogP contribution in [0, 0.1) is 0 Å². The van der Waals surface area contributed by atoms with Gasteiger partial charge < -0.3 is 15.4 Å². The molecule has 0 aliphatic rings. The van der Waals surface area contributed by atoms with E-state index in [1.165, 1.54) is 5.56 Å². The molecule has 2 N–H and O–H groups in total. The molecule has 4 heteroatoms.